The molecule has 4 nitrogen and oxygen atoms in total. The summed E-state index contributed by atoms with van der Waals surface area (Å²) in [5, 5.41) is 11.0. The number of aromatic hydroxyl groups is 1. The van der Waals surface area contributed by atoms with Crippen LogP contribution in [0.1, 0.15) is 127 Å². The van der Waals surface area contributed by atoms with Gasteiger partial charge in [-0.15, -0.1) is 0 Å². The van der Waals surface area contributed by atoms with Crippen LogP contribution >= 0.6 is 0 Å². The third kappa shape index (κ3) is 6.15. The third-order valence-corrected chi connectivity index (χ3v) is 7.95. The molecule has 1 aromatic heterocycles. The topological polar surface area (TPSA) is 76.5 Å². The Kier molecular flexibility index (Phi) is 9.06. The fourth-order valence-electron chi connectivity index (χ4n) is 6.23. The quantitative estimate of drug-likeness (QED) is 0.495. The van der Waals surface area contributed by atoms with Gasteiger partial charge in [0, 0.05) is 23.9 Å². The van der Waals surface area contributed by atoms with Gasteiger partial charge in [-0.3, -0.25) is 0 Å². The molecule has 4 atom stereocenters. The van der Waals surface area contributed by atoms with Crippen LogP contribution in [0, 0.1) is 17.8 Å². The summed E-state index contributed by atoms with van der Waals surface area (Å²) >= 11 is 0. The van der Waals surface area contributed by atoms with Crippen LogP contribution in [0.2, 0.25) is 0 Å². The van der Waals surface area contributed by atoms with Crippen LogP contribution in [0.25, 0.3) is 0 Å². The molecule has 0 radical (unpaired) electrons. The van der Waals surface area contributed by atoms with Gasteiger partial charge in [0.05, 0.1) is 5.56 Å². The first-order chi connectivity index (χ1) is 15.1. The van der Waals surface area contributed by atoms with Gasteiger partial charge in [-0.25, -0.2) is 4.79 Å². The molecule has 176 valence electrons. The van der Waals surface area contributed by atoms with E-state index in [0.29, 0.717) is 23.2 Å². The average Bonchev–Trinajstić information content (AvgIpc) is 3.61. The minimum atomic E-state index is -0.293. The van der Waals surface area contributed by atoms with Crippen LogP contribution in [-0.2, 0) is 0 Å². The zero-order valence-electron chi connectivity index (χ0n) is 20.1. The maximum Gasteiger partial charge on any atom is 0.343 e. The maximum atomic E-state index is 13.1. The molecule has 3 aliphatic carbocycles. The van der Waals surface area contributed by atoms with Crippen LogP contribution in [-0.4, -0.2) is 11.1 Å². The molecule has 3 N–H and O–H groups in total. The molecule has 0 amide bonds. The molecule has 0 bridgehead atoms. The maximum absolute atomic E-state index is 13.1. The molecule has 1 aromatic rings. The van der Waals surface area contributed by atoms with Crippen molar-refractivity contribution in [3.05, 3.63) is 27.8 Å². The summed E-state index contributed by atoms with van der Waals surface area (Å²) < 4.78 is 5.91. The summed E-state index contributed by atoms with van der Waals surface area (Å²) in [6.07, 6.45) is 15.2. The number of hydrogen-bond acceptors (Lipinski definition) is 4. The monoisotopic (exact) mass is 431 g/mol. The molecule has 31 heavy (non-hydrogen) atoms. The van der Waals surface area contributed by atoms with Crippen LogP contribution in [0.15, 0.2) is 15.3 Å². The van der Waals surface area contributed by atoms with E-state index in [1.165, 1.54) is 32.1 Å². The molecule has 4 heteroatoms. The Bertz CT molecular complexity index is 732. The molecule has 0 aromatic carbocycles. The van der Waals surface area contributed by atoms with E-state index >= 15 is 0 Å². The molecular weight excluding hydrogens is 386 g/mol. The highest BCUT2D eigenvalue weighted by Gasteiger charge is 2.42. The van der Waals surface area contributed by atoms with Gasteiger partial charge in [0.2, 0.25) is 0 Å². The summed E-state index contributed by atoms with van der Waals surface area (Å²) in [6, 6.07) is 2.01. The lowest BCUT2D eigenvalue weighted by molar-refractivity contribution is 0.248. The molecule has 3 aliphatic rings. The van der Waals surface area contributed by atoms with Crippen molar-refractivity contribution in [2.45, 2.75) is 122 Å². The first kappa shape index (κ1) is 24.4. The first-order valence-electron chi connectivity index (χ1n) is 13.2. The fraction of sp³-hybridized carbons (Fsp3) is 0.815. The predicted octanol–water partition coefficient (Wildman–Crippen LogP) is 6.85. The van der Waals surface area contributed by atoms with E-state index in [9.17, 15) is 9.90 Å². The summed E-state index contributed by atoms with van der Waals surface area (Å²) in [7, 11) is 0. The highest BCUT2D eigenvalue weighted by atomic mass is 16.4. The molecular formula is C27H45NO3. The van der Waals surface area contributed by atoms with Crippen molar-refractivity contribution in [3.63, 3.8) is 0 Å². The standard InChI is InChI=1S/C25H39NO3.C2H6/c1-2-17(13-16-7-4-3-5-8-16)22-15-21(27)24(25(28)29-22)23(18-11-12-18)19-9-6-10-20(26)14-19;1-2/h15-20,23,27H,2-14,26H2,1H3;1-2H3/t17-,19?,20?,23?;/m1./s1. The van der Waals surface area contributed by atoms with Crippen LogP contribution < -0.4 is 11.4 Å². The number of hydrogen-bond donors (Lipinski definition) is 2. The molecule has 3 fully saturated rings. The van der Waals surface area contributed by atoms with E-state index < -0.39 is 0 Å². The summed E-state index contributed by atoms with van der Waals surface area (Å²) in [6.45, 7) is 6.16. The van der Waals surface area contributed by atoms with E-state index in [-0.39, 0.29) is 29.3 Å². The Morgan fingerprint density at radius 1 is 1.03 bits per heavy atom. The lowest BCUT2D eigenvalue weighted by Crippen LogP contribution is -2.33. The van der Waals surface area contributed by atoms with Crippen LogP contribution in [0.5, 0.6) is 5.75 Å². The average molecular weight is 432 g/mol. The summed E-state index contributed by atoms with van der Waals surface area (Å²) in [5.41, 5.74) is 6.50. The zero-order valence-corrected chi connectivity index (χ0v) is 20.1. The van der Waals surface area contributed by atoms with Gasteiger partial charge in [0.15, 0.2) is 0 Å². The van der Waals surface area contributed by atoms with E-state index in [2.05, 4.69) is 6.92 Å². The second kappa shape index (κ2) is 11.5. The Balaban J connectivity index is 0.00000132. The van der Waals surface area contributed by atoms with Gasteiger partial charge >= 0.3 is 5.63 Å². The second-order valence-corrected chi connectivity index (χ2v) is 10.1. The van der Waals surface area contributed by atoms with Gasteiger partial charge in [-0.2, -0.15) is 0 Å². The van der Waals surface area contributed by atoms with Gasteiger partial charge in [0.1, 0.15) is 11.5 Å². The van der Waals surface area contributed by atoms with Crippen molar-refractivity contribution in [1.82, 2.24) is 0 Å². The lowest BCUT2D eigenvalue weighted by Gasteiger charge is -2.33. The lowest BCUT2D eigenvalue weighted by atomic mass is 9.73. The molecule has 1 heterocycles. The minimum Gasteiger partial charge on any atom is -0.507 e. The van der Waals surface area contributed by atoms with E-state index in [0.717, 1.165) is 57.3 Å². The Morgan fingerprint density at radius 3 is 2.32 bits per heavy atom. The van der Waals surface area contributed by atoms with Gasteiger partial charge in [-0.1, -0.05) is 59.3 Å². The van der Waals surface area contributed by atoms with Gasteiger partial charge in [-0.05, 0) is 62.7 Å². The SMILES string of the molecule is CC.CC[C@H](CC1CCCCC1)c1cc(O)c(C(C2CC2)C2CCCC(N)C2)c(=O)o1. The molecule has 0 spiro atoms. The van der Waals surface area contributed by atoms with E-state index in [1.54, 1.807) is 6.07 Å². The number of nitrogens with two attached hydrogens (primary N) is 1. The Hall–Kier alpha value is -1.29. The van der Waals surface area contributed by atoms with Crippen molar-refractivity contribution >= 4 is 0 Å². The van der Waals surface area contributed by atoms with Crippen LogP contribution in [0.4, 0.5) is 0 Å². The van der Waals surface area contributed by atoms with Crippen molar-refractivity contribution in [1.29, 1.82) is 0 Å². The van der Waals surface area contributed by atoms with Gasteiger partial charge < -0.3 is 15.3 Å². The van der Waals surface area contributed by atoms with Crippen molar-refractivity contribution < 1.29 is 9.52 Å². The zero-order chi connectivity index (χ0) is 22.4. The van der Waals surface area contributed by atoms with Crippen molar-refractivity contribution in [2.75, 3.05) is 0 Å². The molecule has 0 aliphatic heterocycles. The third-order valence-electron chi connectivity index (χ3n) is 7.95. The Labute approximate surface area is 189 Å². The largest absolute Gasteiger partial charge is 0.507 e. The molecule has 3 saturated carbocycles. The van der Waals surface area contributed by atoms with Crippen molar-refractivity contribution in [2.24, 2.45) is 23.5 Å². The first-order valence-corrected chi connectivity index (χ1v) is 13.2. The van der Waals surface area contributed by atoms with Crippen LogP contribution in [0.3, 0.4) is 0 Å². The minimum absolute atomic E-state index is 0.116. The molecule has 0 saturated heterocycles. The highest BCUT2D eigenvalue weighted by Crippen LogP contribution is 2.51. The second-order valence-electron chi connectivity index (χ2n) is 10.1. The summed E-state index contributed by atoms with van der Waals surface area (Å²) in [4.78, 5) is 13.1. The normalized spacial score (nSPS) is 26.6. The number of rotatable bonds is 7. The highest BCUT2D eigenvalue weighted by molar-refractivity contribution is 5.36. The fourth-order valence-corrected chi connectivity index (χ4v) is 6.23. The molecule has 3 unspecified atom stereocenters. The van der Waals surface area contributed by atoms with Gasteiger partial charge in [0.25, 0.3) is 0 Å². The van der Waals surface area contributed by atoms with E-state index in [4.69, 9.17) is 10.2 Å². The predicted molar refractivity (Wildman–Crippen MR) is 128 cm³/mol. The summed E-state index contributed by atoms with van der Waals surface area (Å²) in [5.74, 6) is 2.85. The van der Waals surface area contributed by atoms with E-state index in [1.807, 2.05) is 13.8 Å². The van der Waals surface area contributed by atoms with Crippen molar-refractivity contribution in [3.8, 4) is 5.75 Å². The molecule has 4 rings (SSSR count). The Morgan fingerprint density at radius 2 is 1.74 bits per heavy atom. The smallest absolute Gasteiger partial charge is 0.343 e.